The Morgan fingerprint density at radius 2 is 1.74 bits per heavy atom. The minimum absolute atomic E-state index is 0.0434. The van der Waals surface area contributed by atoms with Crippen LogP contribution in [0.25, 0.3) is 0 Å². The van der Waals surface area contributed by atoms with Gasteiger partial charge in [-0.25, -0.2) is 13.2 Å². The molecule has 1 rings (SSSR count). The van der Waals surface area contributed by atoms with E-state index in [1.807, 2.05) is 0 Å². The Hall–Kier alpha value is -1.34. The molecule has 0 N–H and O–H groups in total. The van der Waals surface area contributed by atoms with Crippen LogP contribution in [0.5, 0.6) is 0 Å². The Kier molecular flexibility index (Phi) is 6.04. The summed E-state index contributed by atoms with van der Waals surface area (Å²) in [7, 11) is -0.464. The first kappa shape index (κ1) is 19.7. The van der Waals surface area contributed by atoms with Crippen LogP contribution in [-0.4, -0.2) is 39.3 Å². The third-order valence-corrected chi connectivity index (χ3v) is 8.85. The van der Waals surface area contributed by atoms with Crippen molar-refractivity contribution in [1.82, 2.24) is 4.90 Å². The van der Waals surface area contributed by atoms with Crippen LogP contribution in [0.15, 0.2) is 12.1 Å². The average Bonchev–Trinajstić information content (AvgIpc) is 2.42. The number of hydrogen-bond donors (Lipinski definition) is 0. The maximum atomic E-state index is 13.7. The van der Waals surface area contributed by atoms with Gasteiger partial charge in [-0.05, 0) is 30.3 Å². The van der Waals surface area contributed by atoms with Crippen LogP contribution in [0.3, 0.4) is 0 Å². The van der Waals surface area contributed by atoms with Crippen molar-refractivity contribution >= 4 is 14.2 Å². The van der Waals surface area contributed by atoms with Gasteiger partial charge < -0.3 is 9.33 Å². The quantitative estimate of drug-likeness (QED) is 0.590. The lowest BCUT2D eigenvalue weighted by molar-refractivity contribution is 0.0764. The third-order valence-electron chi connectivity index (χ3n) is 4.31. The van der Waals surface area contributed by atoms with Crippen molar-refractivity contribution in [3.05, 3.63) is 35.1 Å². The van der Waals surface area contributed by atoms with E-state index in [1.54, 1.807) is 0 Å². The normalized spacial score (nSPS) is 12.4. The number of carbonyl (C=O) groups excluding carboxylic acids is 1. The Morgan fingerprint density at radius 3 is 2.26 bits per heavy atom. The first-order valence-corrected chi connectivity index (χ1v) is 10.3. The molecular formula is C16H24F3NO2Si. The SMILES string of the molecule is CN(CCO[Si](C)(C)C(C)(C)C)C(=O)c1ccc(F)c(F)c1F. The maximum Gasteiger partial charge on any atom is 0.256 e. The average molecular weight is 347 g/mol. The van der Waals surface area contributed by atoms with Crippen LogP contribution >= 0.6 is 0 Å². The largest absolute Gasteiger partial charge is 0.415 e. The van der Waals surface area contributed by atoms with Crippen molar-refractivity contribution in [2.45, 2.75) is 38.9 Å². The molecule has 0 aliphatic heterocycles. The molecule has 0 aromatic heterocycles. The minimum Gasteiger partial charge on any atom is -0.415 e. The predicted octanol–water partition coefficient (Wildman–Crippen LogP) is 4.20. The van der Waals surface area contributed by atoms with Gasteiger partial charge in [-0.1, -0.05) is 20.8 Å². The van der Waals surface area contributed by atoms with Crippen molar-refractivity contribution in [3.63, 3.8) is 0 Å². The summed E-state index contributed by atoms with van der Waals surface area (Å²) < 4.78 is 45.7. The zero-order chi connectivity index (χ0) is 18.0. The fraction of sp³-hybridized carbons (Fsp3) is 0.562. The van der Waals surface area contributed by atoms with Gasteiger partial charge >= 0.3 is 0 Å². The molecule has 0 spiro atoms. The van der Waals surface area contributed by atoms with Gasteiger partial charge in [0.2, 0.25) is 0 Å². The molecule has 0 unspecified atom stereocenters. The fourth-order valence-electron chi connectivity index (χ4n) is 1.65. The van der Waals surface area contributed by atoms with E-state index in [0.29, 0.717) is 6.61 Å². The molecule has 0 aliphatic rings. The van der Waals surface area contributed by atoms with E-state index in [4.69, 9.17) is 4.43 Å². The lowest BCUT2D eigenvalue weighted by Gasteiger charge is -2.36. The van der Waals surface area contributed by atoms with Crippen LogP contribution < -0.4 is 0 Å². The number of nitrogens with zero attached hydrogens (tertiary/aromatic N) is 1. The van der Waals surface area contributed by atoms with E-state index in [0.717, 1.165) is 12.1 Å². The fourth-order valence-corrected chi connectivity index (χ4v) is 2.69. The van der Waals surface area contributed by atoms with Crippen molar-refractivity contribution in [1.29, 1.82) is 0 Å². The van der Waals surface area contributed by atoms with Crippen molar-refractivity contribution in [2.24, 2.45) is 0 Å². The number of halogens is 3. The summed E-state index contributed by atoms with van der Waals surface area (Å²) in [5.41, 5.74) is -0.487. The van der Waals surface area contributed by atoms with Crippen LogP contribution in [-0.2, 0) is 4.43 Å². The number of benzene rings is 1. The van der Waals surface area contributed by atoms with Gasteiger partial charge in [0.1, 0.15) is 0 Å². The summed E-state index contributed by atoms with van der Waals surface area (Å²) in [6.07, 6.45) is 0. The number of likely N-dealkylation sites (N-methyl/N-ethyl adjacent to an activating group) is 1. The second-order valence-corrected chi connectivity index (χ2v) is 11.9. The number of carbonyl (C=O) groups is 1. The Balaban J connectivity index is 2.71. The highest BCUT2D eigenvalue weighted by Gasteiger charge is 2.37. The van der Waals surface area contributed by atoms with Crippen molar-refractivity contribution in [3.8, 4) is 0 Å². The number of rotatable bonds is 5. The van der Waals surface area contributed by atoms with Crippen LogP contribution in [0.4, 0.5) is 13.2 Å². The summed E-state index contributed by atoms with van der Waals surface area (Å²) in [4.78, 5) is 13.4. The van der Waals surface area contributed by atoms with E-state index in [1.165, 1.54) is 11.9 Å². The summed E-state index contributed by atoms with van der Waals surface area (Å²) in [5, 5.41) is 0.0434. The number of amides is 1. The molecule has 7 heteroatoms. The second kappa shape index (κ2) is 7.05. The molecule has 0 saturated carbocycles. The Morgan fingerprint density at radius 1 is 1.17 bits per heavy atom. The molecule has 0 bridgehead atoms. The molecule has 0 atom stereocenters. The molecule has 0 aliphatic carbocycles. The smallest absolute Gasteiger partial charge is 0.256 e. The van der Waals surface area contributed by atoms with Gasteiger partial charge in [0, 0.05) is 13.6 Å². The van der Waals surface area contributed by atoms with Crippen LogP contribution in [0, 0.1) is 17.5 Å². The van der Waals surface area contributed by atoms with E-state index >= 15 is 0 Å². The number of hydrogen-bond acceptors (Lipinski definition) is 2. The first-order valence-electron chi connectivity index (χ1n) is 7.41. The zero-order valence-corrected chi connectivity index (χ0v) is 15.5. The minimum atomic E-state index is -1.93. The molecule has 3 nitrogen and oxygen atoms in total. The van der Waals surface area contributed by atoms with Gasteiger partial charge in [-0.2, -0.15) is 0 Å². The lowest BCUT2D eigenvalue weighted by Crippen LogP contribution is -2.43. The van der Waals surface area contributed by atoms with E-state index in [9.17, 15) is 18.0 Å². The monoisotopic (exact) mass is 347 g/mol. The summed E-state index contributed by atoms with van der Waals surface area (Å²) in [5.74, 6) is -5.13. The molecule has 0 heterocycles. The van der Waals surface area contributed by atoms with Gasteiger partial charge in [0.25, 0.3) is 5.91 Å². The Bertz CT molecular complexity index is 585. The Labute approximate surface area is 136 Å². The highest BCUT2D eigenvalue weighted by atomic mass is 28.4. The van der Waals surface area contributed by atoms with Crippen molar-refractivity contribution < 1.29 is 22.4 Å². The third kappa shape index (κ3) is 4.57. The van der Waals surface area contributed by atoms with Gasteiger partial charge in [0.05, 0.1) is 12.2 Å². The highest BCUT2D eigenvalue weighted by Crippen LogP contribution is 2.36. The zero-order valence-electron chi connectivity index (χ0n) is 14.5. The second-order valence-electron chi connectivity index (χ2n) is 7.06. The highest BCUT2D eigenvalue weighted by molar-refractivity contribution is 6.74. The first-order chi connectivity index (χ1) is 10.4. The van der Waals surface area contributed by atoms with E-state index in [2.05, 4.69) is 33.9 Å². The predicted molar refractivity (Wildman–Crippen MR) is 86.4 cm³/mol. The molecule has 1 aromatic carbocycles. The molecule has 23 heavy (non-hydrogen) atoms. The molecule has 0 saturated heterocycles. The van der Waals surface area contributed by atoms with E-state index < -0.39 is 37.2 Å². The molecule has 1 aromatic rings. The molecule has 1 amide bonds. The summed E-state index contributed by atoms with van der Waals surface area (Å²) in [6, 6.07) is 1.69. The molecule has 0 radical (unpaired) electrons. The van der Waals surface area contributed by atoms with Gasteiger partial charge in [-0.3, -0.25) is 4.79 Å². The molecule has 0 fully saturated rings. The summed E-state index contributed by atoms with van der Waals surface area (Å²) in [6.45, 7) is 11.0. The van der Waals surface area contributed by atoms with Crippen LogP contribution in [0.1, 0.15) is 31.1 Å². The summed E-state index contributed by atoms with van der Waals surface area (Å²) >= 11 is 0. The van der Waals surface area contributed by atoms with Gasteiger partial charge in [0.15, 0.2) is 25.8 Å². The van der Waals surface area contributed by atoms with Crippen molar-refractivity contribution in [2.75, 3.05) is 20.2 Å². The van der Waals surface area contributed by atoms with Gasteiger partial charge in [-0.15, -0.1) is 0 Å². The van der Waals surface area contributed by atoms with E-state index in [-0.39, 0.29) is 11.6 Å². The lowest BCUT2D eigenvalue weighted by atomic mass is 10.1. The topological polar surface area (TPSA) is 29.5 Å². The standard InChI is InChI=1S/C16H24F3NO2Si/c1-16(2,3)23(5,6)22-10-9-20(4)15(21)11-7-8-12(17)14(19)13(11)18/h7-8H,9-10H2,1-6H3. The molecule has 130 valence electrons. The van der Waals surface area contributed by atoms with Crippen LogP contribution in [0.2, 0.25) is 18.1 Å². The maximum absolute atomic E-state index is 13.7. The molecular weight excluding hydrogens is 323 g/mol.